The molecule has 24 heavy (non-hydrogen) atoms. The average molecular weight is 464 g/mol. The summed E-state index contributed by atoms with van der Waals surface area (Å²) >= 11 is 9.97. The van der Waals surface area contributed by atoms with Crippen LogP contribution in [0.15, 0.2) is 81.5 Å². The van der Waals surface area contributed by atoms with Crippen molar-refractivity contribution in [3.05, 3.63) is 86.4 Å². The number of rotatable bonds is 4. The van der Waals surface area contributed by atoms with Crippen molar-refractivity contribution < 1.29 is 0 Å². The summed E-state index contributed by atoms with van der Waals surface area (Å²) in [6.07, 6.45) is 1.90. The zero-order valence-electron chi connectivity index (χ0n) is 13.0. The van der Waals surface area contributed by atoms with Crippen molar-refractivity contribution in [2.45, 2.75) is 16.7 Å². The standard InChI is InChI=1S/C20H15ClINS/c1-14-12-17(6-11-20(14)22)23-13-15-2-7-18(8-3-15)24-19-9-4-16(21)5-10-19/h2-13H,1H3. The van der Waals surface area contributed by atoms with Gasteiger partial charge < -0.3 is 0 Å². The lowest BCUT2D eigenvalue weighted by Gasteiger charge is -2.03. The fourth-order valence-corrected chi connectivity index (χ4v) is 3.40. The molecule has 0 amide bonds. The second-order valence-corrected chi connectivity index (χ2v) is 8.06. The smallest absolute Gasteiger partial charge is 0.0633 e. The first kappa shape index (κ1) is 17.5. The van der Waals surface area contributed by atoms with E-state index in [9.17, 15) is 0 Å². The molecule has 0 saturated carbocycles. The maximum atomic E-state index is 5.91. The zero-order valence-corrected chi connectivity index (χ0v) is 16.8. The van der Waals surface area contributed by atoms with Gasteiger partial charge in [0.15, 0.2) is 0 Å². The van der Waals surface area contributed by atoms with Crippen LogP contribution in [-0.2, 0) is 0 Å². The van der Waals surface area contributed by atoms with Crippen LogP contribution in [0.1, 0.15) is 11.1 Å². The maximum Gasteiger partial charge on any atom is 0.0633 e. The molecule has 4 heteroatoms. The Morgan fingerprint density at radius 2 is 1.54 bits per heavy atom. The summed E-state index contributed by atoms with van der Waals surface area (Å²) in [6, 6.07) is 22.5. The van der Waals surface area contributed by atoms with Gasteiger partial charge in [0.25, 0.3) is 0 Å². The molecule has 0 N–H and O–H groups in total. The van der Waals surface area contributed by atoms with Crippen molar-refractivity contribution >= 4 is 57.9 Å². The lowest BCUT2D eigenvalue weighted by Crippen LogP contribution is -1.82. The van der Waals surface area contributed by atoms with Crippen LogP contribution in [-0.4, -0.2) is 6.21 Å². The molecule has 0 bridgehead atoms. The number of hydrogen-bond donors (Lipinski definition) is 0. The number of benzene rings is 3. The molecule has 0 aliphatic heterocycles. The van der Waals surface area contributed by atoms with E-state index in [0.717, 1.165) is 16.3 Å². The molecule has 0 unspecified atom stereocenters. The SMILES string of the molecule is Cc1cc(N=Cc2ccc(Sc3ccc(Cl)cc3)cc2)ccc1I. The van der Waals surface area contributed by atoms with Crippen molar-refractivity contribution in [2.24, 2.45) is 4.99 Å². The third-order valence-corrected chi connectivity index (χ3v) is 5.91. The van der Waals surface area contributed by atoms with Gasteiger partial charge in [-0.2, -0.15) is 0 Å². The van der Waals surface area contributed by atoms with Gasteiger partial charge >= 0.3 is 0 Å². The summed E-state index contributed by atoms with van der Waals surface area (Å²) in [5.74, 6) is 0. The van der Waals surface area contributed by atoms with Crippen LogP contribution in [0, 0.1) is 10.5 Å². The number of halogens is 2. The molecule has 0 heterocycles. The highest BCUT2D eigenvalue weighted by atomic mass is 127. The Hall–Kier alpha value is -1.30. The highest BCUT2D eigenvalue weighted by Crippen LogP contribution is 2.28. The predicted molar refractivity (Wildman–Crippen MR) is 113 cm³/mol. The van der Waals surface area contributed by atoms with Gasteiger partial charge in [0.05, 0.1) is 5.69 Å². The van der Waals surface area contributed by atoms with E-state index < -0.39 is 0 Å². The first-order valence-corrected chi connectivity index (χ1v) is 9.71. The Kier molecular flexibility index (Phi) is 5.98. The molecule has 0 spiro atoms. The van der Waals surface area contributed by atoms with E-state index in [2.05, 4.69) is 70.9 Å². The highest BCUT2D eigenvalue weighted by Gasteiger charge is 1.99. The minimum absolute atomic E-state index is 0.761. The number of nitrogens with zero attached hydrogens (tertiary/aromatic N) is 1. The molecule has 3 aromatic carbocycles. The lowest BCUT2D eigenvalue weighted by molar-refractivity contribution is 1.39. The number of aliphatic imine (C=N–C) groups is 1. The molecule has 0 aliphatic rings. The van der Waals surface area contributed by atoms with Gasteiger partial charge in [0, 0.05) is 24.6 Å². The molecule has 1 nitrogen and oxygen atoms in total. The van der Waals surface area contributed by atoms with E-state index in [1.54, 1.807) is 11.8 Å². The molecule has 0 fully saturated rings. The molecular formula is C20H15ClINS. The van der Waals surface area contributed by atoms with Crippen LogP contribution in [0.25, 0.3) is 0 Å². The second kappa shape index (κ2) is 8.19. The minimum Gasteiger partial charge on any atom is -0.256 e. The average Bonchev–Trinajstić information content (AvgIpc) is 2.59. The largest absolute Gasteiger partial charge is 0.256 e. The fourth-order valence-electron chi connectivity index (χ4n) is 2.12. The molecule has 0 saturated heterocycles. The fraction of sp³-hybridized carbons (Fsp3) is 0.0500. The van der Waals surface area contributed by atoms with Gasteiger partial charge in [-0.3, -0.25) is 4.99 Å². The van der Waals surface area contributed by atoms with Crippen LogP contribution >= 0.6 is 46.0 Å². The van der Waals surface area contributed by atoms with Gasteiger partial charge in [0.1, 0.15) is 0 Å². The van der Waals surface area contributed by atoms with E-state index in [1.165, 1.54) is 18.9 Å². The Balaban J connectivity index is 1.68. The minimum atomic E-state index is 0.761. The molecule has 0 atom stereocenters. The molecule has 0 radical (unpaired) electrons. The third kappa shape index (κ3) is 4.85. The van der Waals surface area contributed by atoms with E-state index in [-0.39, 0.29) is 0 Å². The van der Waals surface area contributed by atoms with E-state index in [0.29, 0.717) is 0 Å². The normalized spacial score (nSPS) is 11.1. The summed E-state index contributed by atoms with van der Waals surface area (Å²) in [6.45, 7) is 2.10. The second-order valence-electron chi connectivity index (χ2n) is 5.32. The summed E-state index contributed by atoms with van der Waals surface area (Å²) in [5.41, 5.74) is 3.32. The van der Waals surface area contributed by atoms with Crippen LogP contribution in [0.2, 0.25) is 5.02 Å². The molecule has 120 valence electrons. The van der Waals surface area contributed by atoms with Gasteiger partial charge in [-0.1, -0.05) is 35.5 Å². The topological polar surface area (TPSA) is 12.4 Å². The predicted octanol–water partition coefficient (Wildman–Crippen LogP) is 7.15. The van der Waals surface area contributed by atoms with Crippen molar-refractivity contribution in [3.8, 4) is 0 Å². The molecular weight excluding hydrogens is 449 g/mol. The van der Waals surface area contributed by atoms with E-state index in [4.69, 9.17) is 11.6 Å². The first-order valence-electron chi connectivity index (χ1n) is 7.44. The molecule has 0 aromatic heterocycles. The third-order valence-electron chi connectivity index (χ3n) is 3.43. The maximum absolute atomic E-state index is 5.91. The summed E-state index contributed by atoms with van der Waals surface area (Å²) in [5, 5.41) is 0.761. The Morgan fingerprint density at radius 3 is 2.17 bits per heavy atom. The Labute approximate surface area is 165 Å². The van der Waals surface area contributed by atoms with Gasteiger partial charge in [-0.25, -0.2) is 0 Å². The van der Waals surface area contributed by atoms with Crippen LogP contribution in [0.5, 0.6) is 0 Å². The molecule has 3 aromatic rings. The van der Waals surface area contributed by atoms with Crippen LogP contribution in [0.3, 0.4) is 0 Å². The lowest BCUT2D eigenvalue weighted by atomic mass is 10.2. The number of aryl methyl sites for hydroxylation is 1. The Bertz CT molecular complexity index is 858. The Morgan fingerprint density at radius 1 is 0.917 bits per heavy atom. The van der Waals surface area contributed by atoms with Crippen molar-refractivity contribution in [1.29, 1.82) is 0 Å². The zero-order chi connectivity index (χ0) is 16.9. The quantitative estimate of drug-likeness (QED) is 0.295. The van der Waals surface area contributed by atoms with Crippen molar-refractivity contribution in [3.63, 3.8) is 0 Å². The number of hydrogen-bond acceptors (Lipinski definition) is 2. The monoisotopic (exact) mass is 463 g/mol. The first-order chi connectivity index (χ1) is 11.6. The van der Waals surface area contributed by atoms with E-state index in [1.807, 2.05) is 36.5 Å². The van der Waals surface area contributed by atoms with Crippen LogP contribution in [0.4, 0.5) is 5.69 Å². The van der Waals surface area contributed by atoms with Gasteiger partial charge in [-0.15, -0.1) is 0 Å². The van der Waals surface area contributed by atoms with E-state index >= 15 is 0 Å². The molecule has 3 rings (SSSR count). The summed E-state index contributed by atoms with van der Waals surface area (Å²) in [7, 11) is 0. The summed E-state index contributed by atoms with van der Waals surface area (Å²) < 4.78 is 1.26. The van der Waals surface area contributed by atoms with Gasteiger partial charge in [0.2, 0.25) is 0 Å². The van der Waals surface area contributed by atoms with Gasteiger partial charge in [-0.05, 0) is 95.2 Å². The van der Waals surface area contributed by atoms with Crippen LogP contribution < -0.4 is 0 Å². The highest BCUT2D eigenvalue weighted by molar-refractivity contribution is 14.1. The summed E-state index contributed by atoms with van der Waals surface area (Å²) in [4.78, 5) is 6.92. The van der Waals surface area contributed by atoms with Crippen molar-refractivity contribution in [2.75, 3.05) is 0 Å². The van der Waals surface area contributed by atoms with Crippen molar-refractivity contribution in [1.82, 2.24) is 0 Å². The molecule has 0 aliphatic carbocycles.